The summed E-state index contributed by atoms with van der Waals surface area (Å²) in [5.74, 6) is -2.56. The molecule has 230 valence electrons. The van der Waals surface area contributed by atoms with E-state index in [1.807, 2.05) is 33.8 Å². The van der Waals surface area contributed by atoms with Crippen molar-refractivity contribution in [2.45, 2.75) is 76.7 Å². The van der Waals surface area contributed by atoms with E-state index in [2.05, 4.69) is 13.2 Å². The number of rotatable bonds is 14. The second-order valence-corrected chi connectivity index (χ2v) is 12.3. The van der Waals surface area contributed by atoms with Crippen molar-refractivity contribution in [1.29, 1.82) is 0 Å². The van der Waals surface area contributed by atoms with Crippen LogP contribution in [0.5, 0.6) is 5.75 Å². The largest absolute Gasteiger partial charge is 0.497 e. The van der Waals surface area contributed by atoms with E-state index in [9.17, 15) is 19.5 Å². The second-order valence-electron chi connectivity index (χ2n) is 12.3. The van der Waals surface area contributed by atoms with Crippen LogP contribution in [0.4, 0.5) is 5.69 Å². The zero-order valence-electron chi connectivity index (χ0n) is 25.6. The molecule has 3 saturated heterocycles. The third-order valence-corrected chi connectivity index (χ3v) is 9.56. The Balaban J connectivity index is 1.78. The molecule has 0 radical (unpaired) electrons. The van der Waals surface area contributed by atoms with Crippen molar-refractivity contribution < 1.29 is 33.7 Å². The van der Waals surface area contributed by atoms with Gasteiger partial charge >= 0.3 is 5.97 Å². The Morgan fingerprint density at radius 2 is 1.90 bits per heavy atom. The molecule has 4 rings (SSSR count). The Hall–Kier alpha value is -3.17. The molecular formula is C33H46N2O7. The highest BCUT2D eigenvalue weighted by Gasteiger charge is 2.81. The Morgan fingerprint density at radius 3 is 2.48 bits per heavy atom. The van der Waals surface area contributed by atoms with Crippen molar-refractivity contribution in [1.82, 2.24) is 4.90 Å². The van der Waals surface area contributed by atoms with Gasteiger partial charge < -0.3 is 29.1 Å². The molecule has 3 aliphatic heterocycles. The Morgan fingerprint density at radius 1 is 1.21 bits per heavy atom. The molecule has 3 heterocycles. The lowest BCUT2D eigenvalue weighted by atomic mass is 9.62. The molecular weight excluding hydrogens is 536 g/mol. The maximum absolute atomic E-state index is 14.7. The third-order valence-electron chi connectivity index (χ3n) is 9.56. The van der Waals surface area contributed by atoms with Crippen molar-refractivity contribution in [3.8, 4) is 5.75 Å². The number of amides is 2. The molecule has 3 aliphatic rings. The van der Waals surface area contributed by atoms with Crippen LogP contribution >= 0.6 is 0 Å². The number of anilines is 1. The van der Waals surface area contributed by atoms with Gasteiger partial charge in [0.15, 0.2) is 0 Å². The number of esters is 1. The number of benzene rings is 1. The van der Waals surface area contributed by atoms with Crippen LogP contribution < -0.4 is 9.64 Å². The number of hydrogen-bond donors (Lipinski definition) is 1. The van der Waals surface area contributed by atoms with Crippen molar-refractivity contribution in [3.63, 3.8) is 0 Å². The zero-order valence-corrected chi connectivity index (χ0v) is 25.6. The first-order valence-corrected chi connectivity index (χ1v) is 15.0. The number of unbranched alkanes of at least 4 members (excludes halogenated alkanes) is 2. The second kappa shape index (κ2) is 12.6. The first kappa shape index (κ1) is 31.8. The number of ether oxygens (including phenoxy) is 3. The first-order valence-electron chi connectivity index (χ1n) is 15.0. The molecule has 9 nitrogen and oxygen atoms in total. The monoisotopic (exact) mass is 582 g/mol. The van der Waals surface area contributed by atoms with Gasteiger partial charge in [0.05, 0.1) is 37.9 Å². The molecule has 1 aromatic carbocycles. The lowest BCUT2D eigenvalue weighted by molar-refractivity contribution is -0.163. The number of methoxy groups -OCH3 is 1. The Bertz CT molecular complexity index is 1180. The fourth-order valence-electron chi connectivity index (χ4n) is 7.31. The van der Waals surface area contributed by atoms with Gasteiger partial charge in [-0.05, 0) is 68.7 Å². The summed E-state index contributed by atoms with van der Waals surface area (Å²) in [6.07, 6.45) is 6.25. The smallest absolute Gasteiger partial charge is 0.312 e. The SMILES string of the molecule is C=CCCCCOC(=O)[C@@H]1[C@H]2C(=O)N([C@@H](CO)C(C)C)C(C(=O)N(CC=C)c3ccc(OC)cc3)C23CC(C)[C@@]1(C)O3. The fraction of sp³-hybridized carbons (Fsp3) is 0.606. The van der Waals surface area contributed by atoms with Gasteiger partial charge in [-0.2, -0.15) is 0 Å². The van der Waals surface area contributed by atoms with Crippen LogP contribution in [0.2, 0.25) is 0 Å². The van der Waals surface area contributed by atoms with Crippen molar-refractivity contribution >= 4 is 23.5 Å². The van der Waals surface area contributed by atoms with Crippen LogP contribution in [0.1, 0.15) is 53.4 Å². The van der Waals surface area contributed by atoms with E-state index in [4.69, 9.17) is 14.2 Å². The average molecular weight is 583 g/mol. The number of fused-ring (bicyclic) bond motifs is 1. The summed E-state index contributed by atoms with van der Waals surface area (Å²) in [4.78, 5) is 46.0. The summed E-state index contributed by atoms with van der Waals surface area (Å²) < 4.78 is 17.9. The minimum atomic E-state index is -1.25. The Kier molecular flexibility index (Phi) is 9.52. The first-order chi connectivity index (χ1) is 20.0. The van der Waals surface area contributed by atoms with Crippen molar-refractivity contribution in [3.05, 3.63) is 49.6 Å². The van der Waals surface area contributed by atoms with Crippen LogP contribution in [0.15, 0.2) is 49.6 Å². The highest BCUT2D eigenvalue weighted by Crippen LogP contribution is 2.66. The number of nitrogens with zero attached hydrogens (tertiary/aromatic N) is 2. The maximum Gasteiger partial charge on any atom is 0.312 e. The molecule has 0 aromatic heterocycles. The summed E-state index contributed by atoms with van der Waals surface area (Å²) in [5.41, 5.74) is -1.61. The minimum Gasteiger partial charge on any atom is -0.497 e. The summed E-state index contributed by atoms with van der Waals surface area (Å²) in [5, 5.41) is 10.5. The van der Waals surface area contributed by atoms with Gasteiger partial charge in [0.25, 0.3) is 5.91 Å². The van der Waals surface area contributed by atoms with E-state index in [0.29, 0.717) is 24.3 Å². The van der Waals surface area contributed by atoms with Crippen molar-refractivity contribution in [2.24, 2.45) is 23.7 Å². The normalized spacial score (nSPS) is 30.3. The summed E-state index contributed by atoms with van der Waals surface area (Å²) in [6.45, 7) is 15.4. The molecule has 2 bridgehead atoms. The number of aliphatic hydroxyl groups is 1. The molecule has 42 heavy (non-hydrogen) atoms. The Labute approximate surface area is 249 Å². The highest BCUT2D eigenvalue weighted by atomic mass is 16.6. The van der Waals surface area contributed by atoms with Crippen LogP contribution in [0, 0.1) is 23.7 Å². The number of carbonyl (C=O) groups excluding carboxylic acids is 3. The standard InChI is InChI=1S/C33H46N2O7/c1-8-10-11-12-18-41-31(39)27-26-29(37)35(25(20-36)21(3)4)28(33(26)19-22(5)32(27,6)42-33)30(38)34(17-9-2)23-13-15-24(40-7)16-14-23/h8-9,13-16,21-22,25-28,36H,1-2,10-12,17-20H2,3-7H3/t22?,25-,26-,27-,28?,32+,33?/m0/s1. The molecule has 1 N–H and O–H groups in total. The van der Waals surface area contributed by atoms with E-state index < -0.39 is 41.1 Å². The van der Waals surface area contributed by atoms with Gasteiger partial charge in [-0.25, -0.2) is 0 Å². The minimum absolute atomic E-state index is 0.115. The summed E-state index contributed by atoms with van der Waals surface area (Å²) >= 11 is 0. The van der Waals surface area contributed by atoms with E-state index in [1.54, 1.807) is 42.4 Å². The molecule has 3 fully saturated rings. The zero-order chi connectivity index (χ0) is 30.8. The molecule has 2 amide bonds. The number of likely N-dealkylation sites (tertiary alicyclic amines) is 1. The highest BCUT2D eigenvalue weighted by molar-refractivity contribution is 6.05. The average Bonchev–Trinajstić information content (AvgIpc) is 3.48. The van der Waals surface area contributed by atoms with E-state index in [1.165, 1.54) is 4.90 Å². The third kappa shape index (κ3) is 5.15. The number of allylic oxidation sites excluding steroid dienone is 1. The van der Waals surface area contributed by atoms with Gasteiger partial charge in [-0.1, -0.05) is 32.9 Å². The quantitative estimate of drug-likeness (QED) is 0.200. The number of hydrogen-bond acceptors (Lipinski definition) is 7. The molecule has 9 heteroatoms. The van der Waals surface area contributed by atoms with Gasteiger partial charge in [0, 0.05) is 12.2 Å². The fourth-order valence-corrected chi connectivity index (χ4v) is 7.31. The number of aliphatic hydroxyl groups excluding tert-OH is 1. The van der Waals surface area contributed by atoms with Crippen LogP contribution in [0.3, 0.4) is 0 Å². The molecule has 3 unspecified atom stereocenters. The van der Waals surface area contributed by atoms with Crippen LogP contribution in [-0.4, -0.2) is 77.9 Å². The lowest BCUT2D eigenvalue weighted by Crippen LogP contribution is -2.60. The van der Waals surface area contributed by atoms with Gasteiger partial charge in [0.1, 0.15) is 23.3 Å². The molecule has 1 aromatic rings. The van der Waals surface area contributed by atoms with Gasteiger partial charge in [-0.15, -0.1) is 13.2 Å². The number of carbonyl (C=O) groups is 3. The van der Waals surface area contributed by atoms with Crippen LogP contribution in [0.25, 0.3) is 0 Å². The maximum atomic E-state index is 14.7. The lowest BCUT2D eigenvalue weighted by Gasteiger charge is -2.40. The van der Waals surface area contributed by atoms with Crippen LogP contribution in [-0.2, 0) is 23.9 Å². The predicted molar refractivity (Wildman–Crippen MR) is 160 cm³/mol. The van der Waals surface area contributed by atoms with Gasteiger partial charge in [-0.3, -0.25) is 14.4 Å². The van der Waals surface area contributed by atoms with E-state index in [-0.39, 0.29) is 43.4 Å². The molecule has 0 aliphatic carbocycles. The predicted octanol–water partition coefficient (Wildman–Crippen LogP) is 4.14. The summed E-state index contributed by atoms with van der Waals surface area (Å²) in [7, 11) is 1.57. The topological polar surface area (TPSA) is 106 Å². The van der Waals surface area contributed by atoms with E-state index in [0.717, 1.165) is 12.8 Å². The molecule has 7 atom stereocenters. The van der Waals surface area contributed by atoms with Gasteiger partial charge in [0.2, 0.25) is 5.91 Å². The summed E-state index contributed by atoms with van der Waals surface area (Å²) in [6, 6.07) is 5.41. The van der Waals surface area contributed by atoms with E-state index >= 15 is 0 Å². The van der Waals surface area contributed by atoms with Crippen molar-refractivity contribution in [2.75, 3.05) is 31.8 Å². The molecule has 0 saturated carbocycles. The molecule has 1 spiro atoms.